The molecule has 0 aliphatic rings. The fraction of sp³-hybridized carbons (Fsp3) is 0.0952. The second-order valence-electron chi connectivity index (χ2n) is 5.64. The van der Waals surface area contributed by atoms with Gasteiger partial charge in [0.2, 0.25) is 5.91 Å². The first kappa shape index (κ1) is 18.4. The Hall–Kier alpha value is -2.43. The van der Waals surface area contributed by atoms with Gasteiger partial charge in [0.05, 0.1) is 5.25 Å². The Kier molecular flexibility index (Phi) is 6.21. The molecule has 0 aliphatic carbocycles. The summed E-state index contributed by atoms with van der Waals surface area (Å²) in [6, 6.07) is 24.3. The normalized spacial score (nSPS) is 11.6. The number of carbonyl (C=O) groups is 1. The molecule has 0 aliphatic heterocycles. The largest absolute Gasteiger partial charge is 0.457 e. The number of ether oxygens (including phenoxy) is 1. The second-order valence-corrected chi connectivity index (χ2v) is 7.49. The number of hydrogen-bond acceptors (Lipinski definition) is 3. The summed E-state index contributed by atoms with van der Waals surface area (Å²) in [6.07, 6.45) is 0. The Morgan fingerprint density at radius 2 is 1.54 bits per heavy atom. The molecule has 26 heavy (non-hydrogen) atoms. The number of carbonyl (C=O) groups excluding carboxylic acids is 1. The molecule has 1 N–H and O–H groups in total. The number of halogens is 1. The van der Waals surface area contributed by atoms with Crippen LogP contribution in [0.3, 0.4) is 0 Å². The van der Waals surface area contributed by atoms with E-state index in [4.69, 9.17) is 16.3 Å². The monoisotopic (exact) mass is 383 g/mol. The molecule has 0 unspecified atom stereocenters. The van der Waals surface area contributed by atoms with Crippen molar-refractivity contribution in [3.05, 3.63) is 83.9 Å². The summed E-state index contributed by atoms with van der Waals surface area (Å²) in [6.45, 7) is 1.88. The Balaban J connectivity index is 1.56. The Bertz CT molecular complexity index is 851. The maximum Gasteiger partial charge on any atom is 0.237 e. The minimum atomic E-state index is -0.226. The number of nitrogens with one attached hydrogen (secondary N) is 1. The topological polar surface area (TPSA) is 38.3 Å². The third-order valence-corrected chi connectivity index (χ3v) is 4.96. The van der Waals surface area contributed by atoms with Crippen LogP contribution >= 0.6 is 23.4 Å². The van der Waals surface area contributed by atoms with Crippen molar-refractivity contribution in [2.45, 2.75) is 17.1 Å². The summed E-state index contributed by atoms with van der Waals surface area (Å²) in [7, 11) is 0. The summed E-state index contributed by atoms with van der Waals surface area (Å²) in [5.74, 6) is 1.44. The molecule has 3 rings (SSSR count). The standard InChI is InChI=1S/C21H18ClNO2S/c1-15(26-20-13-7-16(22)8-14-20)21(24)23-17-9-11-19(12-10-17)25-18-5-3-2-4-6-18/h2-15H,1H3,(H,23,24)/t15-/m1/s1. The van der Waals surface area contributed by atoms with Gasteiger partial charge in [-0.3, -0.25) is 4.79 Å². The van der Waals surface area contributed by atoms with Gasteiger partial charge in [0.1, 0.15) is 11.5 Å². The molecule has 5 heteroatoms. The van der Waals surface area contributed by atoms with Crippen molar-refractivity contribution < 1.29 is 9.53 Å². The SMILES string of the molecule is C[C@@H](Sc1ccc(Cl)cc1)C(=O)Nc1ccc(Oc2ccccc2)cc1. The van der Waals surface area contributed by atoms with Crippen molar-refractivity contribution in [1.82, 2.24) is 0 Å². The number of thioether (sulfide) groups is 1. The average molecular weight is 384 g/mol. The highest BCUT2D eigenvalue weighted by Crippen LogP contribution is 2.26. The first-order chi connectivity index (χ1) is 12.6. The molecule has 0 heterocycles. The van der Waals surface area contributed by atoms with Crippen LogP contribution in [0.2, 0.25) is 5.02 Å². The molecule has 3 nitrogen and oxygen atoms in total. The number of para-hydroxylation sites is 1. The van der Waals surface area contributed by atoms with E-state index in [1.165, 1.54) is 11.8 Å². The van der Waals surface area contributed by atoms with Gasteiger partial charge in [0.15, 0.2) is 0 Å². The van der Waals surface area contributed by atoms with Crippen LogP contribution in [0.1, 0.15) is 6.92 Å². The quantitative estimate of drug-likeness (QED) is 0.511. The Labute approximate surface area is 162 Å². The molecule has 1 amide bonds. The summed E-state index contributed by atoms with van der Waals surface area (Å²) >= 11 is 7.37. The fourth-order valence-corrected chi connectivity index (χ4v) is 3.24. The number of rotatable bonds is 6. The minimum absolute atomic E-state index is 0.0540. The van der Waals surface area contributed by atoms with Crippen LogP contribution in [0.15, 0.2) is 83.8 Å². The molecule has 0 aromatic heterocycles. The summed E-state index contributed by atoms with van der Waals surface area (Å²) in [4.78, 5) is 13.4. The second kappa shape index (κ2) is 8.79. The van der Waals surface area contributed by atoms with Crippen molar-refractivity contribution in [3.63, 3.8) is 0 Å². The Morgan fingerprint density at radius 1 is 0.923 bits per heavy atom. The van der Waals surface area contributed by atoms with E-state index in [-0.39, 0.29) is 11.2 Å². The summed E-state index contributed by atoms with van der Waals surface area (Å²) < 4.78 is 5.75. The highest BCUT2D eigenvalue weighted by Gasteiger charge is 2.14. The molecule has 0 spiro atoms. The molecule has 0 bridgehead atoms. The van der Waals surface area contributed by atoms with Crippen LogP contribution in [0.5, 0.6) is 11.5 Å². The van der Waals surface area contributed by atoms with Crippen molar-refractivity contribution >= 4 is 35.0 Å². The predicted molar refractivity (Wildman–Crippen MR) is 108 cm³/mol. The summed E-state index contributed by atoms with van der Waals surface area (Å²) in [5.41, 5.74) is 0.735. The van der Waals surface area contributed by atoms with E-state index in [0.717, 1.165) is 22.1 Å². The lowest BCUT2D eigenvalue weighted by atomic mass is 10.3. The maximum atomic E-state index is 12.4. The molecular formula is C21H18ClNO2S. The maximum absolute atomic E-state index is 12.4. The highest BCUT2D eigenvalue weighted by molar-refractivity contribution is 8.00. The van der Waals surface area contributed by atoms with Crippen LogP contribution in [0, 0.1) is 0 Å². The van der Waals surface area contributed by atoms with E-state index < -0.39 is 0 Å². The third-order valence-electron chi connectivity index (χ3n) is 3.60. The zero-order valence-corrected chi connectivity index (χ0v) is 15.8. The van der Waals surface area contributed by atoms with Crippen molar-refractivity contribution in [2.75, 3.05) is 5.32 Å². The first-order valence-electron chi connectivity index (χ1n) is 8.16. The number of hydrogen-bond donors (Lipinski definition) is 1. The van der Waals surface area contributed by atoms with Crippen molar-refractivity contribution in [2.24, 2.45) is 0 Å². The van der Waals surface area contributed by atoms with Gasteiger partial charge in [-0.05, 0) is 67.6 Å². The van der Waals surface area contributed by atoms with Crippen LogP contribution < -0.4 is 10.1 Å². The van der Waals surface area contributed by atoms with Crippen molar-refractivity contribution in [3.8, 4) is 11.5 Å². The van der Waals surface area contributed by atoms with Gasteiger partial charge >= 0.3 is 0 Å². The first-order valence-corrected chi connectivity index (χ1v) is 9.42. The van der Waals surface area contributed by atoms with E-state index in [2.05, 4.69) is 5.32 Å². The molecule has 132 valence electrons. The minimum Gasteiger partial charge on any atom is -0.457 e. The molecule has 0 radical (unpaired) electrons. The van der Waals surface area contributed by atoms with Gasteiger partial charge in [-0.25, -0.2) is 0 Å². The van der Waals surface area contributed by atoms with Gasteiger partial charge in [-0.1, -0.05) is 29.8 Å². The smallest absolute Gasteiger partial charge is 0.237 e. The molecule has 0 fully saturated rings. The number of anilines is 1. The summed E-state index contributed by atoms with van der Waals surface area (Å²) in [5, 5.41) is 3.38. The third kappa shape index (κ3) is 5.28. The van der Waals surface area contributed by atoms with Gasteiger partial charge in [-0.15, -0.1) is 11.8 Å². The van der Waals surface area contributed by atoms with E-state index >= 15 is 0 Å². The van der Waals surface area contributed by atoms with Crippen LogP contribution in [-0.4, -0.2) is 11.2 Å². The average Bonchev–Trinajstić information content (AvgIpc) is 2.66. The molecular weight excluding hydrogens is 366 g/mol. The lowest BCUT2D eigenvalue weighted by Gasteiger charge is -2.12. The van der Waals surface area contributed by atoms with E-state index in [1.54, 1.807) is 0 Å². The highest BCUT2D eigenvalue weighted by atomic mass is 35.5. The van der Waals surface area contributed by atoms with Gasteiger partial charge in [0, 0.05) is 15.6 Å². The molecule has 0 saturated carbocycles. The van der Waals surface area contributed by atoms with Gasteiger partial charge in [0.25, 0.3) is 0 Å². The van der Waals surface area contributed by atoms with Gasteiger partial charge in [-0.2, -0.15) is 0 Å². The van der Waals surface area contributed by atoms with Crippen LogP contribution in [-0.2, 0) is 4.79 Å². The van der Waals surface area contributed by atoms with E-state index in [1.807, 2.05) is 85.8 Å². The lowest BCUT2D eigenvalue weighted by Crippen LogP contribution is -2.22. The molecule has 3 aromatic carbocycles. The van der Waals surface area contributed by atoms with Crippen molar-refractivity contribution in [1.29, 1.82) is 0 Å². The lowest BCUT2D eigenvalue weighted by molar-refractivity contribution is -0.115. The zero-order chi connectivity index (χ0) is 18.4. The van der Waals surface area contributed by atoms with E-state index in [9.17, 15) is 4.79 Å². The van der Waals surface area contributed by atoms with Crippen LogP contribution in [0.4, 0.5) is 5.69 Å². The molecule has 0 saturated heterocycles. The number of benzene rings is 3. The fourth-order valence-electron chi connectivity index (χ4n) is 2.25. The zero-order valence-electron chi connectivity index (χ0n) is 14.2. The number of amides is 1. The predicted octanol–water partition coefficient (Wildman–Crippen LogP) is 6.25. The Morgan fingerprint density at radius 3 is 2.19 bits per heavy atom. The van der Waals surface area contributed by atoms with Crippen LogP contribution in [0.25, 0.3) is 0 Å². The van der Waals surface area contributed by atoms with E-state index in [0.29, 0.717) is 5.02 Å². The van der Waals surface area contributed by atoms with Gasteiger partial charge < -0.3 is 10.1 Å². The molecule has 3 aromatic rings. The molecule has 1 atom stereocenters.